The van der Waals surface area contributed by atoms with E-state index in [2.05, 4.69) is 18.2 Å². The zero-order valence-electron chi connectivity index (χ0n) is 7.89. The molecule has 68 valence electrons. The lowest BCUT2D eigenvalue weighted by molar-refractivity contribution is -0.121. The van der Waals surface area contributed by atoms with Gasteiger partial charge in [-0.3, -0.25) is 4.79 Å². The molecule has 0 fully saturated rings. The van der Waals surface area contributed by atoms with E-state index in [1.807, 2.05) is 0 Å². The highest BCUT2D eigenvalue weighted by Crippen LogP contribution is 1.98. The fourth-order valence-electron chi connectivity index (χ4n) is 0.891. The first-order valence-corrected chi connectivity index (χ1v) is 4.46. The number of nitrogens with one attached hydrogen (secondary N) is 1. The Morgan fingerprint density at radius 3 is 2.75 bits per heavy atom. The third-order valence-electron chi connectivity index (χ3n) is 1.63. The smallest absolute Gasteiger partial charge is 0.220 e. The highest BCUT2D eigenvalue weighted by molar-refractivity contribution is 5.76. The number of carbonyl (C=O) groups is 1. The predicted octanol–water partition coefficient (Wildman–Crippen LogP) is 1.70. The Morgan fingerprint density at radius 2 is 2.25 bits per heavy atom. The lowest BCUT2D eigenvalue weighted by atomic mass is 10.2. The van der Waals surface area contributed by atoms with Gasteiger partial charge in [0, 0.05) is 6.42 Å². The molecule has 0 bridgehead atoms. The van der Waals surface area contributed by atoms with E-state index >= 15 is 0 Å². The summed E-state index contributed by atoms with van der Waals surface area (Å²) >= 11 is 0. The van der Waals surface area contributed by atoms with E-state index in [0.717, 1.165) is 19.3 Å². The van der Waals surface area contributed by atoms with Gasteiger partial charge >= 0.3 is 0 Å². The SMILES string of the molecule is C#CC(C)NC(=O)CCCCC. The van der Waals surface area contributed by atoms with Crippen molar-refractivity contribution in [3.05, 3.63) is 0 Å². The molecule has 0 heterocycles. The van der Waals surface area contributed by atoms with Crippen molar-refractivity contribution in [2.75, 3.05) is 0 Å². The molecule has 1 amide bonds. The molecule has 0 aromatic carbocycles. The van der Waals surface area contributed by atoms with E-state index in [1.54, 1.807) is 6.92 Å². The molecule has 0 aliphatic heterocycles. The topological polar surface area (TPSA) is 29.1 Å². The number of carbonyl (C=O) groups excluding carboxylic acids is 1. The number of hydrogen-bond donors (Lipinski definition) is 1. The van der Waals surface area contributed by atoms with Gasteiger partial charge < -0.3 is 5.32 Å². The molecule has 1 unspecified atom stereocenters. The predicted molar refractivity (Wildman–Crippen MR) is 50.6 cm³/mol. The summed E-state index contributed by atoms with van der Waals surface area (Å²) in [6.07, 6.45) is 8.91. The van der Waals surface area contributed by atoms with Gasteiger partial charge in [-0.05, 0) is 13.3 Å². The lowest BCUT2D eigenvalue weighted by Gasteiger charge is -2.06. The van der Waals surface area contributed by atoms with Crippen LogP contribution in [0.15, 0.2) is 0 Å². The maximum atomic E-state index is 11.1. The van der Waals surface area contributed by atoms with Crippen LogP contribution >= 0.6 is 0 Å². The van der Waals surface area contributed by atoms with Crippen molar-refractivity contribution in [3.63, 3.8) is 0 Å². The van der Waals surface area contributed by atoms with Gasteiger partial charge in [0.1, 0.15) is 0 Å². The van der Waals surface area contributed by atoms with E-state index in [9.17, 15) is 4.79 Å². The molecule has 0 spiro atoms. The molecule has 0 aromatic rings. The summed E-state index contributed by atoms with van der Waals surface area (Å²) in [6.45, 7) is 3.92. The summed E-state index contributed by atoms with van der Waals surface area (Å²) in [4.78, 5) is 11.1. The maximum Gasteiger partial charge on any atom is 0.220 e. The lowest BCUT2D eigenvalue weighted by Crippen LogP contribution is -2.30. The second-order valence-electron chi connectivity index (χ2n) is 2.91. The van der Waals surface area contributed by atoms with Crippen molar-refractivity contribution in [2.24, 2.45) is 0 Å². The van der Waals surface area contributed by atoms with Crippen molar-refractivity contribution >= 4 is 5.91 Å². The molecule has 0 radical (unpaired) electrons. The quantitative estimate of drug-likeness (QED) is 0.490. The molecule has 2 nitrogen and oxygen atoms in total. The fourth-order valence-corrected chi connectivity index (χ4v) is 0.891. The van der Waals surface area contributed by atoms with Crippen LogP contribution in [0, 0.1) is 12.3 Å². The average molecular weight is 167 g/mol. The normalized spacial score (nSPS) is 11.8. The molecule has 0 aliphatic rings. The molecule has 2 heteroatoms. The van der Waals surface area contributed by atoms with Gasteiger partial charge in [0.05, 0.1) is 6.04 Å². The third-order valence-corrected chi connectivity index (χ3v) is 1.63. The molecule has 0 saturated heterocycles. The van der Waals surface area contributed by atoms with Crippen molar-refractivity contribution in [2.45, 2.75) is 45.6 Å². The highest BCUT2D eigenvalue weighted by atomic mass is 16.1. The Balaban J connectivity index is 3.41. The first-order chi connectivity index (χ1) is 5.70. The summed E-state index contributed by atoms with van der Waals surface area (Å²) < 4.78 is 0. The van der Waals surface area contributed by atoms with Crippen molar-refractivity contribution < 1.29 is 4.79 Å². The van der Waals surface area contributed by atoms with Crippen LogP contribution in [0.5, 0.6) is 0 Å². The number of terminal acetylenes is 1. The fraction of sp³-hybridized carbons (Fsp3) is 0.700. The Bertz CT molecular complexity index is 169. The minimum Gasteiger partial charge on any atom is -0.343 e. The summed E-state index contributed by atoms with van der Waals surface area (Å²) in [5, 5.41) is 2.71. The molecule has 12 heavy (non-hydrogen) atoms. The van der Waals surface area contributed by atoms with Crippen LogP contribution < -0.4 is 5.32 Å². The molecule has 0 rings (SSSR count). The van der Waals surface area contributed by atoms with Crippen molar-refractivity contribution in [3.8, 4) is 12.3 Å². The second kappa shape index (κ2) is 6.72. The van der Waals surface area contributed by atoms with E-state index in [0.29, 0.717) is 6.42 Å². The van der Waals surface area contributed by atoms with Gasteiger partial charge in [0.2, 0.25) is 5.91 Å². The van der Waals surface area contributed by atoms with Crippen LogP contribution in [0.25, 0.3) is 0 Å². The summed E-state index contributed by atoms with van der Waals surface area (Å²) in [7, 11) is 0. The zero-order chi connectivity index (χ0) is 9.40. The zero-order valence-corrected chi connectivity index (χ0v) is 7.89. The number of unbranched alkanes of at least 4 members (excludes halogenated alkanes) is 2. The number of rotatable bonds is 5. The van der Waals surface area contributed by atoms with Crippen LogP contribution in [0.4, 0.5) is 0 Å². The van der Waals surface area contributed by atoms with Crippen molar-refractivity contribution in [1.82, 2.24) is 5.32 Å². The molecular formula is C10H17NO. The molecule has 0 saturated carbocycles. The Hall–Kier alpha value is -0.970. The highest BCUT2D eigenvalue weighted by Gasteiger charge is 2.02. The molecular weight excluding hydrogens is 150 g/mol. The van der Waals surface area contributed by atoms with Crippen LogP contribution in [0.2, 0.25) is 0 Å². The van der Waals surface area contributed by atoms with E-state index in [-0.39, 0.29) is 11.9 Å². The standard InChI is InChI=1S/C10H17NO/c1-4-6-7-8-10(12)11-9(3)5-2/h2,9H,4,6-8H2,1,3H3,(H,11,12). The van der Waals surface area contributed by atoms with Crippen molar-refractivity contribution in [1.29, 1.82) is 0 Å². The third kappa shape index (κ3) is 5.79. The Kier molecular flexibility index (Phi) is 6.18. The van der Waals surface area contributed by atoms with Gasteiger partial charge in [-0.15, -0.1) is 6.42 Å². The summed E-state index contributed by atoms with van der Waals surface area (Å²) in [6, 6.07) is -0.140. The van der Waals surface area contributed by atoms with Crippen LogP contribution in [-0.2, 0) is 4.79 Å². The average Bonchev–Trinajstić information content (AvgIpc) is 2.05. The summed E-state index contributed by atoms with van der Waals surface area (Å²) in [5.74, 6) is 2.52. The molecule has 0 aromatic heterocycles. The second-order valence-corrected chi connectivity index (χ2v) is 2.91. The van der Waals surface area contributed by atoms with E-state index < -0.39 is 0 Å². The number of hydrogen-bond acceptors (Lipinski definition) is 1. The van der Waals surface area contributed by atoms with E-state index in [1.165, 1.54) is 0 Å². The van der Waals surface area contributed by atoms with Gasteiger partial charge in [0.25, 0.3) is 0 Å². The van der Waals surface area contributed by atoms with Gasteiger partial charge in [-0.1, -0.05) is 25.7 Å². The number of amides is 1. The first kappa shape index (κ1) is 11.0. The monoisotopic (exact) mass is 167 g/mol. The Labute approximate surface area is 74.7 Å². The summed E-state index contributed by atoms with van der Waals surface area (Å²) in [5.41, 5.74) is 0. The molecule has 0 aliphatic carbocycles. The van der Waals surface area contributed by atoms with Crippen LogP contribution in [0.1, 0.15) is 39.5 Å². The van der Waals surface area contributed by atoms with E-state index in [4.69, 9.17) is 6.42 Å². The van der Waals surface area contributed by atoms with Gasteiger partial charge in [0.15, 0.2) is 0 Å². The molecule has 1 atom stereocenters. The van der Waals surface area contributed by atoms with Gasteiger partial charge in [-0.25, -0.2) is 0 Å². The first-order valence-electron chi connectivity index (χ1n) is 4.46. The van der Waals surface area contributed by atoms with Crippen LogP contribution in [-0.4, -0.2) is 11.9 Å². The largest absolute Gasteiger partial charge is 0.343 e. The minimum absolute atomic E-state index is 0.0638. The maximum absolute atomic E-state index is 11.1. The molecule has 1 N–H and O–H groups in total. The van der Waals surface area contributed by atoms with Gasteiger partial charge in [-0.2, -0.15) is 0 Å². The van der Waals surface area contributed by atoms with Crippen LogP contribution in [0.3, 0.4) is 0 Å². The Morgan fingerprint density at radius 1 is 1.58 bits per heavy atom. The minimum atomic E-state index is -0.140.